The molecular weight excluding hydrogens is 238 g/mol. The third kappa shape index (κ3) is 6.24. The molecule has 0 aliphatic heterocycles. The molecule has 0 spiro atoms. The summed E-state index contributed by atoms with van der Waals surface area (Å²) in [6.45, 7) is 9.79. The van der Waals surface area contributed by atoms with Gasteiger partial charge in [-0.3, -0.25) is 0 Å². The van der Waals surface area contributed by atoms with Gasteiger partial charge in [0.05, 0.1) is 18.8 Å². The second-order valence-corrected chi connectivity index (χ2v) is 5.54. The molecule has 1 aliphatic rings. The van der Waals surface area contributed by atoms with Crippen molar-refractivity contribution >= 4 is 0 Å². The fraction of sp³-hybridized carbons (Fsp3) is 1.00. The Labute approximate surface area is 119 Å². The van der Waals surface area contributed by atoms with Crippen molar-refractivity contribution in [3.63, 3.8) is 0 Å². The SMILES string of the molecule is CCCNC(COCC)C(OCC)C1CCCCC1. The lowest BCUT2D eigenvalue weighted by atomic mass is 9.82. The topological polar surface area (TPSA) is 30.5 Å². The van der Waals surface area contributed by atoms with Crippen LogP contribution < -0.4 is 5.32 Å². The van der Waals surface area contributed by atoms with Crippen molar-refractivity contribution in [3.8, 4) is 0 Å². The molecule has 3 nitrogen and oxygen atoms in total. The molecule has 0 saturated heterocycles. The van der Waals surface area contributed by atoms with Crippen LogP contribution >= 0.6 is 0 Å². The lowest BCUT2D eigenvalue weighted by Crippen LogP contribution is -2.49. The summed E-state index contributed by atoms with van der Waals surface area (Å²) in [6, 6.07) is 0.350. The first-order valence-corrected chi connectivity index (χ1v) is 8.26. The van der Waals surface area contributed by atoms with E-state index in [9.17, 15) is 0 Å². The van der Waals surface area contributed by atoms with Gasteiger partial charge in [0.25, 0.3) is 0 Å². The molecule has 19 heavy (non-hydrogen) atoms. The molecule has 0 radical (unpaired) electrons. The van der Waals surface area contributed by atoms with E-state index in [2.05, 4.69) is 26.1 Å². The van der Waals surface area contributed by atoms with Gasteiger partial charge in [0, 0.05) is 13.2 Å². The molecule has 1 N–H and O–H groups in total. The highest BCUT2D eigenvalue weighted by Gasteiger charge is 2.30. The van der Waals surface area contributed by atoms with Gasteiger partial charge in [-0.2, -0.15) is 0 Å². The largest absolute Gasteiger partial charge is 0.380 e. The Morgan fingerprint density at radius 2 is 1.79 bits per heavy atom. The normalized spacial score (nSPS) is 20.4. The number of hydrogen-bond donors (Lipinski definition) is 1. The maximum Gasteiger partial charge on any atom is 0.0778 e. The third-order valence-corrected chi connectivity index (χ3v) is 4.03. The predicted octanol–water partition coefficient (Wildman–Crippen LogP) is 3.38. The summed E-state index contributed by atoms with van der Waals surface area (Å²) in [6.07, 6.45) is 8.25. The first kappa shape index (κ1) is 16.9. The molecule has 1 aliphatic carbocycles. The van der Waals surface area contributed by atoms with Gasteiger partial charge in [0.2, 0.25) is 0 Å². The van der Waals surface area contributed by atoms with E-state index in [1.165, 1.54) is 32.1 Å². The van der Waals surface area contributed by atoms with Gasteiger partial charge >= 0.3 is 0 Å². The Hall–Kier alpha value is -0.120. The maximum absolute atomic E-state index is 6.10. The predicted molar refractivity (Wildman–Crippen MR) is 80.6 cm³/mol. The molecule has 0 heterocycles. The zero-order valence-electron chi connectivity index (χ0n) is 13.1. The van der Waals surface area contributed by atoms with Crippen molar-refractivity contribution in [2.45, 2.75) is 71.4 Å². The van der Waals surface area contributed by atoms with Crippen molar-refractivity contribution in [2.75, 3.05) is 26.4 Å². The van der Waals surface area contributed by atoms with E-state index in [0.29, 0.717) is 18.1 Å². The lowest BCUT2D eigenvalue weighted by Gasteiger charge is -2.36. The lowest BCUT2D eigenvalue weighted by molar-refractivity contribution is -0.0387. The first-order valence-electron chi connectivity index (χ1n) is 8.26. The first-order chi connectivity index (χ1) is 9.33. The summed E-state index contributed by atoms with van der Waals surface area (Å²) in [7, 11) is 0. The summed E-state index contributed by atoms with van der Waals surface area (Å²) < 4.78 is 11.8. The Kier molecular flexibility index (Phi) is 9.48. The van der Waals surface area contributed by atoms with Crippen LogP contribution in [-0.4, -0.2) is 38.5 Å². The third-order valence-electron chi connectivity index (χ3n) is 4.03. The molecule has 0 amide bonds. The van der Waals surface area contributed by atoms with E-state index in [-0.39, 0.29) is 0 Å². The van der Waals surface area contributed by atoms with E-state index >= 15 is 0 Å². The van der Waals surface area contributed by atoms with Crippen LogP contribution in [0.4, 0.5) is 0 Å². The Balaban J connectivity index is 2.59. The van der Waals surface area contributed by atoms with Crippen molar-refractivity contribution < 1.29 is 9.47 Å². The van der Waals surface area contributed by atoms with Gasteiger partial charge in [0.15, 0.2) is 0 Å². The summed E-state index contributed by atoms with van der Waals surface area (Å²) in [5.41, 5.74) is 0. The summed E-state index contributed by atoms with van der Waals surface area (Å²) in [4.78, 5) is 0. The molecule has 0 aromatic heterocycles. The van der Waals surface area contributed by atoms with Gasteiger partial charge in [-0.15, -0.1) is 0 Å². The van der Waals surface area contributed by atoms with Crippen molar-refractivity contribution in [3.05, 3.63) is 0 Å². The smallest absolute Gasteiger partial charge is 0.0778 e. The fourth-order valence-electron chi connectivity index (χ4n) is 3.08. The average Bonchev–Trinajstić information content (AvgIpc) is 2.46. The van der Waals surface area contributed by atoms with Crippen LogP contribution in [0.25, 0.3) is 0 Å². The molecule has 114 valence electrons. The van der Waals surface area contributed by atoms with Crippen LogP contribution in [0.2, 0.25) is 0 Å². The van der Waals surface area contributed by atoms with Crippen molar-refractivity contribution in [1.29, 1.82) is 0 Å². The second-order valence-electron chi connectivity index (χ2n) is 5.54. The van der Waals surface area contributed by atoms with Crippen LogP contribution in [0, 0.1) is 5.92 Å². The molecule has 0 bridgehead atoms. The minimum Gasteiger partial charge on any atom is -0.380 e. The molecule has 1 fully saturated rings. The highest BCUT2D eigenvalue weighted by atomic mass is 16.5. The Morgan fingerprint density at radius 1 is 1.05 bits per heavy atom. The van der Waals surface area contributed by atoms with E-state index in [1.54, 1.807) is 0 Å². The monoisotopic (exact) mass is 271 g/mol. The van der Waals surface area contributed by atoms with Gasteiger partial charge in [-0.1, -0.05) is 26.2 Å². The van der Waals surface area contributed by atoms with Gasteiger partial charge < -0.3 is 14.8 Å². The molecule has 1 saturated carbocycles. The molecular formula is C16H33NO2. The second kappa shape index (κ2) is 10.6. The van der Waals surface area contributed by atoms with E-state index in [0.717, 1.165) is 32.8 Å². The molecule has 0 aromatic carbocycles. The van der Waals surface area contributed by atoms with Gasteiger partial charge in [-0.25, -0.2) is 0 Å². The Bertz CT molecular complexity index is 197. The Morgan fingerprint density at radius 3 is 2.37 bits per heavy atom. The molecule has 3 heteroatoms. The van der Waals surface area contributed by atoms with Crippen molar-refractivity contribution in [1.82, 2.24) is 5.32 Å². The van der Waals surface area contributed by atoms with Crippen LogP contribution in [-0.2, 0) is 9.47 Å². The van der Waals surface area contributed by atoms with Crippen LogP contribution in [0.3, 0.4) is 0 Å². The van der Waals surface area contributed by atoms with Crippen LogP contribution in [0.15, 0.2) is 0 Å². The molecule has 1 rings (SSSR count). The van der Waals surface area contributed by atoms with Crippen LogP contribution in [0.5, 0.6) is 0 Å². The van der Waals surface area contributed by atoms with Gasteiger partial charge in [0.1, 0.15) is 0 Å². The maximum atomic E-state index is 6.10. The molecule has 2 atom stereocenters. The summed E-state index contributed by atoms with van der Waals surface area (Å²) in [5, 5.41) is 3.64. The highest BCUT2D eigenvalue weighted by molar-refractivity contribution is 4.85. The van der Waals surface area contributed by atoms with Crippen molar-refractivity contribution in [2.24, 2.45) is 5.92 Å². The van der Waals surface area contributed by atoms with E-state index in [1.807, 2.05) is 0 Å². The summed E-state index contributed by atoms with van der Waals surface area (Å²) in [5.74, 6) is 0.712. The zero-order valence-corrected chi connectivity index (χ0v) is 13.1. The summed E-state index contributed by atoms with van der Waals surface area (Å²) >= 11 is 0. The zero-order chi connectivity index (χ0) is 13.9. The average molecular weight is 271 g/mol. The number of nitrogens with one attached hydrogen (secondary N) is 1. The minimum atomic E-state index is 0.323. The standard InChI is InChI=1S/C16H33NO2/c1-4-12-17-15(13-18-5-2)16(19-6-3)14-10-8-7-9-11-14/h14-17H,4-13H2,1-3H3. The minimum absolute atomic E-state index is 0.323. The highest BCUT2D eigenvalue weighted by Crippen LogP contribution is 2.29. The number of hydrogen-bond acceptors (Lipinski definition) is 3. The fourth-order valence-corrected chi connectivity index (χ4v) is 3.08. The number of ether oxygens (including phenoxy) is 2. The number of rotatable bonds is 10. The molecule has 2 unspecified atom stereocenters. The quantitative estimate of drug-likeness (QED) is 0.661. The molecule has 0 aromatic rings. The van der Waals surface area contributed by atoms with E-state index in [4.69, 9.17) is 9.47 Å². The van der Waals surface area contributed by atoms with Crippen LogP contribution in [0.1, 0.15) is 59.3 Å². The van der Waals surface area contributed by atoms with Gasteiger partial charge in [-0.05, 0) is 45.6 Å². The van der Waals surface area contributed by atoms with E-state index < -0.39 is 0 Å².